The van der Waals surface area contributed by atoms with Gasteiger partial charge in [-0.15, -0.1) is 0 Å². The summed E-state index contributed by atoms with van der Waals surface area (Å²) in [5.41, 5.74) is 0.611. The van der Waals surface area contributed by atoms with E-state index in [-0.39, 0.29) is 23.8 Å². The minimum absolute atomic E-state index is 0.0471. The van der Waals surface area contributed by atoms with Crippen LogP contribution in [-0.4, -0.2) is 35.3 Å². The normalized spacial score (nSPS) is 33.5. The Kier molecular flexibility index (Phi) is 3.71. The third kappa shape index (κ3) is 2.40. The van der Waals surface area contributed by atoms with Crippen molar-refractivity contribution in [1.82, 2.24) is 4.90 Å². The van der Waals surface area contributed by atoms with Gasteiger partial charge in [0.2, 0.25) is 0 Å². The first kappa shape index (κ1) is 16.3. The Morgan fingerprint density at radius 1 is 1.12 bits per heavy atom. The average Bonchev–Trinajstić information content (AvgIpc) is 3.17. The Morgan fingerprint density at radius 3 is 2.12 bits per heavy atom. The van der Waals surface area contributed by atoms with Crippen LogP contribution in [-0.2, 0) is 9.53 Å². The summed E-state index contributed by atoms with van der Waals surface area (Å²) in [5.74, 6) is 0.312. The maximum Gasteiger partial charge on any atom is 0.311 e. The van der Waals surface area contributed by atoms with Crippen LogP contribution in [0.2, 0.25) is 0 Å². The number of amides is 2. The predicted octanol–water partition coefficient (Wildman–Crippen LogP) is 3.04. The standard InChI is InChI=1S/C20H23NO4/c1-3-25-19(24)20(2)10-12-8-14(9-13(12)11-20)21-17(22)15-6-4-5-7-16(15)18(21)23/h4-7,12-14H,3,8-11H2,1-2H3/t12-,13+,14?,20?. The fourth-order valence-corrected chi connectivity index (χ4v) is 5.14. The maximum absolute atomic E-state index is 12.7. The highest BCUT2D eigenvalue weighted by Crippen LogP contribution is 2.54. The number of benzene rings is 1. The van der Waals surface area contributed by atoms with E-state index in [2.05, 4.69) is 0 Å². The number of carbonyl (C=O) groups is 3. The first-order valence-corrected chi connectivity index (χ1v) is 9.08. The summed E-state index contributed by atoms with van der Waals surface area (Å²) in [4.78, 5) is 39.0. The number of rotatable bonds is 3. The Balaban J connectivity index is 1.49. The molecule has 2 fully saturated rings. The molecule has 2 aliphatic carbocycles. The highest BCUT2D eigenvalue weighted by molar-refractivity contribution is 6.21. The van der Waals surface area contributed by atoms with Gasteiger partial charge in [-0.25, -0.2) is 0 Å². The van der Waals surface area contributed by atoms with Gasteiger partial charge in [0.15, 0.2) is 0 Å². The molecule has 0 N–H and O–H groups in total. The topological polar surface area (TPSA) is 63.7 Å². The van der Waals surface area contributed by atoms with Crippen molar-refractivity contribution in [1.29, 1.82) is 0 Å². The van der Waals surface area contributed by atoms with Gasteiger partial charge in [0.1, 0.15) is 0 Å². The van der Waals surface area contributed by atoms with Crippen molar-refractivity contribution in [2.45, 2.75) is 45.6 Å². The zero-order valence-electron chi connectivity index (χ0n) is 14.7. The molecule has 2 saturated carbocycles. The molecule has 0 radical (unpaired) electrons. The zero-order chi connectivity index (χ0) is 17.8. The number of hydrogen-bond acceptors (Lipinski definition) is 4. The van der Waals surface area contributed by atoms with Crippen LogP contribution in [0.1, 0.15) is 60.2 Å². The number of fused-ring (bicyclic) bond motifs is 2. The van der Waals surface area contributed by atoms with E-state index in [1.54, 1.807) is 24.3 Å². The summed E-state index contributed by atoms with van der Waals surface area (Å²) in [7, 11) is 0. The van der Waals surface area contributed by atoms with Crippen LogP contribution in [0.3, 0.4) is 0 Å². The van der Waals surface area contributed by atoms with E-state index >= 15 is 0 Å². The van der Waals surface area contributed by atoms with E-state index in [4.69, 9.17) is 4.74 Å². The van der Waals surface area contributed by atoms with E-state index in [0.29, 0.717) is 29.6 Å². The second-order valence-electron chi connectivity index (χ2n) is 7.86. The highest BCUT2D eigenvalue weighted by Gasteiger charge is 2.54. The smallest absolute Gasteiger partial charge is 0.311 e. The molecule has 4 atom stereocenters. The van der Waals surface area contributed by atoms with Crippen molar-refractivity contribution < 1.29 is 19.1 Å². The van der Waals surface area contributed by atoms with Crippen LogP contribution in [0, 0.1) is 17.3 Å². The van der Waals surface area contributed by atoms with Crippen LogP contribution in [0.4, 0.5) is 0 Å². The first-order chi connectivity index (χ1) is 11.9. The summed E-state index contributed by atoms with van der Waals surface area (Å²) in [5, 5.41) is 0. The molecule has 3 aliphatic rings. The molecule has 2 amide bonds. The monoisotopic (exact) mass is 341 g/mol. The molecule has 132 valence electrons. The summed E-state index contributed by atoms with van der Waals surface area (Å²) in [6, 6.07) is 6.99. The second-order valence-corrected chi connectivity index (χ2v) is 7.86. The molecule has 5 nitrogen and oxygen atoms in total. The molecule has 25 heavy (non-hydrogen) atoms. The van der Waals surface area contributed by atoms with Gasteiger partial charge in [0.25, 0.3) is 11.8 Å². The number of carbonyl (C=O) groups excluding carboxylic acids is 3. The lowest BCUT2D eigenvalue weighted by atomic mass is 9.85. The fourth-order valence-electron chi connectivity index (χ4n) is 5.14. The molecule has 5 heteroatoms. The third-order valence-corrected chi connectivity index (χ3v) is 6.20. The van der Waals surface area contributed by atoms with Gasteiger partial charge in [0, 0.05) is 6.04 Å². The van der Waals surface area contributed by atoms with Gasteiger partial charge in [-0.3, -0.25) is 19.3 Å². The molecule has 0 saturated heterocycles. The molecule has 2 unspecified atom stereocenters. The van der Waals surface area contributed by atoms with Crippen LogP contribution in [0.5, 0.6) is 0 Å². The lowest BCUT2D eigenvalue weighted by Gasteiger charge is -2.26. The lowest BCUT2D eigenvalue weighted by Crippen LogP contribution is -2.39. The summed E-state index contributed by atoms with van der Waals surface area (Å²) < 4.78 is 5.24. The number of hydrogen-bond donors (Lipinski definition) is 0. The molecule has 1 aromatic rings. The van der Waals surface area contributed by atoms with Crippen molar-refractivity contribution in [3.63, 3.8) is 0 Å². The Labute approximate surface area is 147 Å². The number of nitrogens with zero attached hydrogens (tertiary/aromatic N) is 1. The number of imide groups is 1. The Bertz CT molecular complexity index is 707. The minimum Gasteiger partial charge on any atom is -0.466 e. The SMILES string of the molecule is CCOC(=O)C1(C)C[C@H]2CC(N3C(=O)c4ccccc4C3=O)C[C@H]2C1. The Hall–Kier alpha value is -2.17. The molecule has 0 spiro atoms. The molecular weight excluding hydrogens is 318 g/mol. The Morgan fingerprint density at radius 2 is 1.64 bits per heavy atom. The van der Waals surface area contributed by atoms with Crippen molar-refractivity contribution in [2.24, 2.45) is 17.3 Å². The second kappa shape index (κ2) is 5.68. The summed E-state index contributed by atoms with van der Waals surface area (Å²) in [6.07, 6.45) is 3.17. The lowest BCUT2D eigenvalue weighted by molar-refractivity contribution is -0.154. The van der Waals surface area contributed by atoms with E-state index < -0.39 is 5.41 Å². The molecule has 4 rings (SSSR count). The molecule has 1 aromatic carbocycles. The van der Waals surface area contributed by atoms with E-state index in [1.807, 2.05) is 13.8 Å². The molecule has 1 aliphatic heterocycles. The van der Waals surface area contributed by atoms with E-state index in [1.165, 1.54) is 4.90 Å². The van der Waals surface area contributed by atoms with Gasteiger partial charge in [-0.2, -0.15) is 0 Å². The molecule has 1 heterocycles. The van der Waals surface area contributed by atoms with Crippen molar-refractivity contribution >= 4 is 17.8 Å². The third-order valence-electron chi connectivity index (χ3n) is 6.20. The van der Waals surface area contributed by atoms with Gasteiger partial charge in [0.05, 0.1) is 23.1 Å². The predicted molar refractivity (Wildman–Crippen MR) is 90.9 cm³/mol. The van der Waals surface area contributed by atoms with Gasteiger partial charge in [-0.05, 0) is 63.5 Å². The summed E-state index contributed by atoms with van der Waals surface area (Å²) in [6.45, 7) is 4.22. The first-order valence-electron chi connectivity index (χ1n) is 9.08. The molecule has 0 bridgehead atoms. The maximum atomic E-state index is 12.7. The van der Waals surface area contributed by atoms with E-state index in [9.17, 15) is 14.4 Å². The average molecular weight is 341 g/mol. The van der Waals surface area contributed by atoms with Crippen molar-refractivity contribution in [3.8, 4) is 0 Å². The van der Waals surface area contributed by atoms with E-state index in [0.717, 1.165) is 25.7 Å². The van der Waals surface area contributed by atoms with Gasteiger partial charge < -0.3 is 4.74 Å². The number of ether oxygens (including phenoxy) is 1. The van der Waals surface area contributed by atoms with Crippen LogP contribution >= 0.6 is 0 Å². The van der Waals surface area contributed by atoms with Crippen LogP contribution in [0.25, 0.3) is 0 Å². The highest BCUT2D eigenvalue weighted by atomic mass is 16.5. The van der Waals surface area contributed by atoms with Crippen LogP contribution in [0.15, 0.2) is 24.3 Å². The molecule has 0 aromatic heterocycles. The van der Waals surface area contributed by atoms with Gasteiger partial charge in [-0.1, -0.05) is 12.1 Å². The quantitative estimate of drug-likeness (QED) is 0.626. The summed E-state index contributed by atoms with van der Waals surface area (Å²) >= 11 is 0. The minimum atomic E-state index is -0.418. The number of esters is 1. The van der Waals surface area contributed by atoms with Crippen molar-refractivity contribution in [3.05, 3.63) is 35.4 Å². The van der Waals surface area contributed by atoms with Crippen molar-refractivity contribution in [2.75, 3.05) is 6.61 Å². The molecular formula is C20H23NO4. The largest absolute Gasteiger partial charge is 0.466 e. The zero-order valence-corrected chi connectivity index (χ0v) is 14.7. The fraction of sp³-hybridized carbons (Fsp3) is 0.550. The van der Waals surface area contributed by atoms with Crippen LogP contribution < -0.4 is 0 Å². The van der Waals surface area contributed by atoms with Gasteiger partial charge >= 0.3 is 5.97 Å².